The Kier molecular flexibility index (Phi) is 5.05. The highest BCUT2D eigenvalue weighted by molar-refractivity contribution is 5.89. The average molecular weight is 428 g/mol. The van der Waals surface area contributed by atoms with Crippen LogP contribution in [0.4, 0.5) is 13.2 Å². The molecule has 0 radical (unpaired) electrons. The zero-order chi connectivity index (χ0) is 22.2. The predicted octanol–water partition coefficient (Wildman–Crippen LogP) is 3.44. The molecule has 0 spiro atoms. The van der Waals surface area contributed by atoms with Crippen molar-refractivity contribution in [3.05, 3.63) is 88.1 Å². The van der Waals surface area contributed by atoms with Gasteiger partial charge in [0.05, 0.1) is 36.7 Å². The molecule has 0 saturated carbocycles. The summed E-state index contributed by atoms with van der Waals surface area (Å²) in [5.41, 5.74) is 0.225. The molecule has 31 heavy (non-hydrogen) atoms. The number of rotatable bonds is 4. The highest BCUT2D eigenvalue weighted by Gasteiger charge is 2.30. The number of carbonyl (C=O) groups is 1. The predicted molar refractivity (Wildman–Crippen MR) is 105 cm³/mol. The fourth-order valence-electron chi connectivity index (χ4n) is 3.12. The van der Waals surface area contributed by atoms with Crippen LogP contribution in [0.2, 0.25) is 0 Å². The molecule has 4 aromatic rings. The van der Waals surface area contributed by atoms with Crippen LogP contribution in [-0.4, -0.2) is 32.4 Å². The number of nitrogens with zero attached hydrogens (tertiary/aromatic N) is 4. The Morgan fingerprint density at radius 2 is 1.87 bits per heavy atom. The van der Waals surface area contributed by atoms with E-state index < -0.39 is 17.7 Å². The van der Waals surface area contributed by atoms with Gasteiger partial charge in [0.25, 0.3) is 5.56 Å². The van der Waals surface area contributed by atoms with Gasteiger partial charge in [-0.15, -0.1) is 0 Å². The van der Waals surface area contributed by atoms with Crippen molar-refractivity contribution in [2.45, 2.75) is 12.7 Å². The lowest BCUT2D eigenvalue weighted by Gasteiger charge is -2.09. The molecule has 0 bridgehead atoms. The molecule has 2 heterocycles. The first-order valence-corrected chi connectivity index (χ1v) is 9.06. The van der Waals surface area contributed by atoms with E-state index in [2.05, 4.69) is 14.8 Å². The Morgan fingerprint density at radius 3 is 2.55 bits per heavy atom. The number of ether oxygens (including phenoxy) is 1. The maximum absolute atomic E-state index is 13.0. The molecular weight excluding hydrogens is 413 g/mol. The number of benzene rings is 2. The Balaban J connectivity index is 1.67. The minimum Gasteiger partial charge on any atom is -0.465 e. The number of methoxy groups -OCH3 is 1. The number of hydrogen-bond acceptors (Lipinski definition) is 5. The largest absolute Gasteiger partial charge is 0.465 e. The molecule has 2 aromatic heterocycles. The van der Waals surface area contributed by atoms with Crippen molar-refractivity contribution in [2.75, 3.05) is 7.11 Å². The van der Waals surface area contributed by atoms with Gasteiger partial charge in [0.15, 0.2) is 5.65 Å². The second-order valence-electron chi connectivity index (χ2n) is 6.71. The summed E-state index contributed by atoms with van der Waals surface area (Å²) < 4.78 is 46.2. The van der Waals surface area contributed by atoms with Gasteiger partial charge >= 0.3 is 12.1 Å². The third-order valence-electron chi connectivity index (χ3n) is 4.70. The highest BCUT2D eigenvalue weighted by atomic mass is 19.4. The number of carbonyl (C=O) groups excluding carboxylic acids is 1. The summed E-state index contributed by atoms with van der Waals surface area (Å²) in [5.74, 6) is -0.464. The Morgan fingerprint density at radius 1 is 1.13 bits per heavy atom. The molecule has 0 N–H and O–H groups in total. The van der Waals surface area contributed by atoms with Crippen molar-refractivity contribution in [3.8, 4) is 5.69 Å². The molecule has 0 aliphatic rings. The molecule has 2 aromatic carbocycles. The first-order chi connectivity index (χ1) is 14.8. The SMILES string of the molecule is COC(=O)c1ccc(Cn2cnc3c(cnn3-c3cccc(C(F)(F)F)c3)c2=O)cc1. The standard InChI is InChI=1S/C21H15F3N4O3/c1-31-20(30)14-7-5-13(6-8-14)11-27-12-25-18-17(19(27)29)10-26-28(18)16-4-2-3-15(9-16)21(22,23)24/h2-10,12H,11H2,1H3. The molecule has 0 unspecified atom stereocenters. The van der Waals surface area contributed by atoms with E-state index in [0.29, 0.717) is 5.56 Å². The Labute approximate surface area is 173 Å². The first-order valence-electron chi connectivity index (χ1n) is 9.06. The molecule has 0 aliphatic heterocycles. The molecule has 0 amide bonds. The number of halogens is 3. The summed E-state index contributed by atoms with van der Waals surface area (Å²) in [5, 5.41) is 4.23. The van der Waals surface area contributed by atoms with Crippen molar-refractivity contribution < 1.29 is 22.7 Å². The van der Waals surface area contributed by atoms with Crippen LogP contribution in [-0.2, 0) is 17.5 Å². The normalized spacial score (nSPS) is 11.6. The highest BCUT2D eigenvalue weighted by Crippen LogP contribution is 2.30. The van der Waals surface area contributed by atoms with E-state index in [9.17, 15) is 22.8 Å². The third-order valence-corrected chi connectivity index (χ3v) is 4.70. The second kappa shape index (κ2) is 7.71. The van der Waals surface area contributed by atoms with Crippen LogP contribution in [0.5, 0.6) is 0 Å². The second-order valence-corrected chi connectivity index (χ2v) is 6.71. The van der Waals surface area contributed by atoms with Crippen molar-refractivity contribution in [1.82, 2.24) is 19.3 Å². The zero-order valence-electron chi connectivity index (χ0n) is 16.1. The molecule has 0 aliphatic carbocycles. The zero-order valence-corrected chi connectivity index (χ0v) is 16.1. The fraction of sp³-hybridized carbons (Fsp3) is 0.143. The minimum atomic E-state index is -4.50. The Bertz CT molecular complexity index is 1320. The molecule has 0 saturated heterocycles. The van der Waals surface area contributed by atoms with E-state index >= 15 is 0 Å². The molecular formula is C21H15F3N4O3. The van der Waals surface area contributed by atoms with Gasteiger partial charge in [0.2, 0.25) is 0 Å². The van der Waals surface area contributed by atoms with Gasteiger partial charge in [-0.1, -0.05) is 18.2 Å². The van der Waals surface area contributed by atoms with Gasteiger partial charge in [-0.3, -0.25) is 9.36 Å². The third kappa shape index (κ3) is 3.91. The van der Waals surface area contributed by atoms with Crippen LogP contribution in [0.25, 0.3) is 16.7 Å². The number of alkyl halides is 3. The lowest BCUT2D eigenvalue weighted by atomic mass is 10.1. The van der Waals surface area contributed by atoms with E-state index in [4.69, 9.17) is 0 Å². The number of esters is 1. The van der Waals surface area contributed by atoms with E-state index in [0.717, 1.165) is 17.7 Å². The maximum Gasteiger partial charge on any atom is 0.416 e. The number of hydrogen-bond donors (Lipinski definition) is 0. The molecule has 10 heteroatoms. The van der Waals surface area contributed by atoms with Crippen molar-refractivity contribution >= 4 is 17.0 Å². The van der Waals surface area contributed by atoms with Crippen molar-refractivity contribution in [2.24, 2.45) is 0 Å². The lowest BCUT2D eigenvalue weighted by Crippen LogP contribution is -2.21. The summed E-state index contributed by atoms with van der Waals surface area (Å²) in [6.45, 7) is 0.192. The van der Waals surface area contributed by atoms with Crippen LogP contribution in [0.1, 0.15) is 21.5 Å². The minimum absolute atomic E-state index is 0.146. The molecule has 0 atom stereocenters. The maximum atomic E-state index is 13.0. The number of fused-ring (bicyclic) bond motifs is 1. The smallest absolute Gasteiger partial charge is 0.416 e. The van der Waals surface area contributed by atoms with Gasteiger partial charge in [0, 0.05) is 0 Å². The number of aromatic nitrogens is 4. The van der Waals surface area contributed by atoms with E-state index in [1.807, 2.05) is 0 Å². The lowest BCUT2D eigenvalue weighted by molar-refractivity contribution is -0.137. The molecule has 7 nitrogen and oxygen atoms in total. The van der Waals surface area contributed by atoms with Crippen molar-refractivity contribution in [1.29, 1.82) is 0 Å². The van der Waals surface area contributed by atoms with Crippen LogP contribution in [0, 0.1) is 0 Å². The summed E-state index contributed by atoms with van der Waals surface area (Å²) >= 11 is 0. The van der Waals surface area contributed by atoms with Crippen LogP contribution in [0.3, 0.4) is 0 Å². The van der Waals surface area contributed by atoms with Gasteiger partial charge in [0.1, 0.15) is 11.7 Å². The van der Waals surface area contributed by atoms with Gasteiger partial charge in [-0.25, -0.2) is 14.5 Å². The topological polar surface area (TPSA) is 79.0 Å². The van der Waals surface area contributed by atoms with E-state index in [1.54, 1.807) is 24.3 Å². The summed E-state index contributed by atoms with van der Waals surface area (Å²) in [4.78, 5) is 28.6. The Hall–Kier alpha value is -3.95. The van der Waals surface area contributed by atoms with Gasteiger partial charge in [-0.05, 0) is 35.9 Å². The van der Waals surface area contributed by atoms with E-state index in [-0.39, 0.29) is 28.8 Å². The molecule has 158 valence electrons. The summed E-state index contributed by atoms with van der Waals surface area (Å²) in [6, 6.07) is 11.2. The van der Waals surface area contributed by atoms with Crippen LogP contribution in [0.15, 0.2) is 65.8 Å². The average Bonchev–Trinajstić information content (AvgIpc) is 3.20. The van der Waals surface area contributed by atoms with Crippen molar-refractivity contribution in [3.63, 3.8) is 0 Å². The van der Waals surface area contributed by atoms with Crippen LogP contribution >= 0.6 is 0 Å². The molecule has 0 fully saturated rings. The van der Waals surface area contributed by atoms with Gasteiger partial charge < -0.3 is 4.74 Å². The fourth-order valence-corrected chi connectivity index (χ4v) is 3.12. The molecule has 4 rings (SSSR count). The van der Waals surface area contributed by atoms with Gasteiger partial charge in [-0.2, -0.15) is 18.3 Å². The summed E-state index contributed by atoms with van der Waals surface area (Å²) in [6.07, 6.45) is -1.91. The first kappa shape index (κ1) is 20.3. The monoisotopic (exact) mass is 428 g/mol. The van der Waals surface area contributed by atoms with E-state index in [1.165, 1.54) is 41.0 Å². The summed E-state index contributed by atoms with van der Waals surface area (Å²) in [7, 11) is 1.29. The quantitative estimate of drug-likeness (QED) is 0.466. The van der Waals surface area contributed by atoms with Crippen LogP contribution < -0.4 is 5.56 Å².